The summed E-state index contributed by atoms with van der Waals surface area (Å²) < 4.78 is 1.21. The van der Waals surface area contributed by atoms with E-state index in [0.29, 0.717) is 12.0 Å². The zero-order valence-electron chi connectivity index (χ0n) is 12.2. The summed E-state index contributed by atoms with van der Waals surface area (Å²) in [4.78, 5) is 2.47. The molecular weight excluding hydrogens is 300 g/mol. The smallest absolute Gasteiger partial charge is 0.0245 e. The van der Waals surface area contributed by atoms with Crippen molar-refractivity contribution in [3.63, 3.8) is 0 Å². The molecule has 0 heterocycles. The Labute approximate surface area is 125 Å². The lowest BCUT2D eigenvalue weighted by atomic mass is 10.0. The van der Waals surface area contributed by atoms with E-state index < -0.39 is 0 Å². The predicted octanol–water partition coefficient (Wildman–Crippen LogP) is 3.66. The number of benzene rings is 1. The summed E-state index contributed by atoms with van der Waals surface area (Å²) in [5.41, 5.74) is 1.36. The Kier molecular flexibility index (Phi) is 5.43. The van der Waals surface area contributed by atoms with E-state index in [2.05, 4.69) is 71.3 Å². The number of halogens is 1. The minimum absolute atomic E-state index is 0.590. The topological polar surface area (TPSA) is 15.3 Å². The van der Waals surface area contributed by atoms with Crippen LogP contribution in [-0.2, 0) is 6.54 Å². The molecule has 19 heavy (non-hydrogen) atoms. The molecule has 0 radical (unpaired) electrons. The van der Waals surface area contributed by atoms with E-state index in [1.807, 2.05) is 0 Å². The molecule has 1 fully saturated rings. The van der Waals surface area contributed by atoms with Crippen LogP contribution in [0.1, 0.15) is 32.3 Å². The first-order chi connectivity index (χ1) is 9.08. The van der Waals surface area contributed by atoms with E-state index in [9.17, 15) is 0 Å². The van der Waals surface area contributed by atoms with Crippen molar-refractivity contribution in [3.05, 3.63) is 34.3 Å². The quantitative estimate of drug-likeness (QED) is 0.823. The molecule has 0 aromatic heterocycles. The van der Waals surface area contributed by atoms with Crippen molar-refractivity contribution in [2.24, 2.45) is 5.92 Å². The number of likely N-dealkylation sites (N-methyl/N-ethyl adjacent to an activating group) is 1. The third-order valence-corrected chi connectivity index (χ3v) is 4.68. The van der Waals surface area contributed by atoms with Crippen LogP contribution in [-0.4, -0.2) is 30.6 Å². The molecule has 1 aliphatic rings. The molecule has 0 amide bonds. The SMILES string of the molecule is CC(C)C(CNC1CC1)N(C)Cc1ccccc1Br. The van der Waals surface area contributed by atoms with Gasteiger partial charge in [-0.1, -0.05) is 48.0 Å². The molecule has 1 saturated carbocycles. The third kappa shape index (κ3) is 4.59. The highest BCUT2D eigenvalue weighted by Crippen LogP contribution is 2.22. The third-order valence-electron chi connectivity index (χ3n) is 3.91. The van der Waals surface area contributed by atoms with Gasteiger partial charge in [-0.2, -0.15) is 0 Å². The molecule has 0 saturated heterocycles. The Bertz CT molecular complexity index is 401. The van der Waals surface area contributed by atoms with Crippen LogP contribution in [0, 0.1) is 5.92 Å². The first-order valence-corrected chi connectivity index (χ1v) is 8.04. The summed E-state index contributed by atoms with van der Waals surface area (Å²) in [7, 11) is 2.23. The van der Waals surface area contributed by atoms with Crippen molar-refractivity contribution in [2.45, 2.75) is 45.3 Å². The van der Waals surface area contributed by atoms with Gasteiger partial charge in [0.15, 0.2) is 0 Å². The van der Waals surface area contributed by atoms with Crippen LogP contribution in [0.5, 0.6) is 0 Å². The number of hydrogen-bond donors (Lipinski definition) is 1. The van der Waals surface area contributed by atoms with Gasteiger partial charge in [-0.15, -0.1) is 0 Å². The van der Waals surface area contributed by atoms with Crippen LogP contribution in [0.25, 0.3) is 0 Å². The molecule has 0 bridgehead atoms. The number of nitrogens with one attached hydrogen (secondary N) is 1. The first kappa shape index (κ1) is 15.0. The molecular formula is C16H25BrN2. The number of rotatable bonds is 7. The average Bonchev–Trinajstić information content (AvgIpc) is 3.16. The highest BCUT2D eigenvalue weighted by atomic mass is 79.9. The number of hydrogen-bond acceptors (Lipinski definition) is 2. The van der Waals surface area contributed by atoms with Gasteiger partial charge in [-0.3, -0.25) is 4.90 Å². The second-order valence-corrected chi connectivity index (χ2v) is 6.85. The second-order valence-electron chi connectivity index (χ2n) is 6.00. The Morgan fingerprint density at radius 2 is 2.00 bits per heavy atom. The maximum absolute atomic E-state index is 3.67. The van der Waals surface area contributed by atoms with Gasteiger partial charge in [0.1, 0.15) is 0 Å². The normalized spacial score (nSPS) is 17.2. The maximum atomic E-state index is 3.67. The largest absolute Gasteiger partial charge is 0.312 e. The summed E-state index contributed by atoms with van der Waals surface area (Å²) in [6, 6.07) is 9.89. The van der Waals surface area contributed by atoms with Crippen molar-refractivity contribution in [1.29, 1.82) is 0 Å². The van der Waals surface area contributed by atoms with Gasteiger partial charge in [-0.05, 0) is 37.4 Å². The molecule has 1 N–H and O–H groups in total. The van der Waals surface area contributed by atoms with Crippen LogP contribution >= 0.6 is 15.9 Å². The van der Waals surface area contributed by atoms with E-state index in [-0.39, 0.29) is 0 Å². The molecule has 1 aromatic carbocycles. The molecule has 106 valence electrons. The van der Waals surface area contributed by atoms with Gasteiger partial charge in [0.2, 0.25) is 0 Å². The fourth-order valence-corrected chi connectivity index (χ4v) is 2.90. The van der Waals surface area contributed by atoms with E-state index in [1.54, 1.807) is 0 Å². The zero-order chi connectivity index (χ0) is 13.8. The molecule has 1 aliphatic carbocycles. The molecule has 0 spiro atoms. The van der Waals surface area contributed by atoms with E-state index >= 15 is 0 Å². The second kappa shape index (κ2) is 6.87. The predicted molar refractivity (Wildman–Crippen MR) is 85.3 cm³/mol. The van der Waals surface area contributed by atoms with Gasteiger partial charge >= 0.3 is 0 Å². The van der Waals surface area contributed by atoms with E-state index in [0.717, 1.165) is 19.1 Å². The lowest BCUT2D eigenvalue weighted by molar-refractivity contribution is 0.179. The molecule has 1 unspecified atom stereocenters. The molecule has 2 rings (SSSR count). The van der Waals surface area contributed by atoms with Crippen LogP contribution in [0.2, 0.25) is 0 Å². The van der Waals surface area contributed by atoms with Crippen molar-refractivity contribution >= 4 is 15.9 Å². The Hall–Kier alpha value is -0.380. The number of nitrogens with zero attached hydrogens (tertiary/aromatic N) is 1. The summed E-state index contributed by atoms with van der Waals surface area (Å²) in [5.74, 6) is 0.665. The summed E-state index contributed by atoms with van der Waals surface area (Å²) in [6.07, 6.45) is 2.72. The van der Waals surface area contributed by atoms with Gasteiger partial charge in [0.05, 0.1) is 0 Å². The highest BCUT2D eigenvalue weighted by Gasteiger charge is 2.25. The van der Waals surface area contributed by atoms with Crippen LogP contribution in [0.3, 0.4) is 0 Å². The van der Waals surface area contributed by atoms with E-state index in [4.69, 9.17) is 0 Å². The first-order valence-electron chi connectivity index (χ1n) is 7.25. The monoisotopic (exact) mass is 324 g/mol. The molecule has 1 atom stereocenters. The standard InChI is InChI=1S/C16H25BrN2/c1-12(2)16(10-18-14-8-9-14)19(3)11-13-6-4-5-7-15(13)17/h4-7,12,14,16,18H,8-11H2,1-3H3. The van der Waals surface area contributed by atoms with Crippen molar-refractivity contribution < 1.29 is 0 Å². The lowest BCUT2D eigenvalue weighted by Crippen LogP contribution is -2.43. The Balaban J connectivity index is 1.94. The maximum Gasteiger partial charge on any atom is 0.0245 e. The fourth-order valence-electron chi connectivity index (χ4n) is 2.49. The summed E-state index contributed by atoms with van der Waals surface area (Å²) in [6.45, 7) is 6.73. The van der Waals surface area contributed by atoms with Gasteiger partial charge in [0.25, 0.3) is 0 Å². The van der Waals surface area contributed by atoms with Crippen LogP contribution < -0.4 is 5.32 Å². The highest BCUT2D eigenvalue weighted by molar-refractivity contribution is 9.10. The molecule has 3 heteroatoms. The minimum Gasteiger partial charge on any atom is -0.312 e. The summed E-state index contributed by atoms with van der Waals surface area (Å²) in [5, 5.41) is 3.67. The van der Waals surface area contributed by atoms with Crippen molar-refractivity contribution in [3.8, 4) is 0 Å². The van der Waals surface area contributed by atoms with Gasteiger partial charge < -0.3 is 5.32 Å². The Morgan fingerprint density at radius 3 is 2.58 bits per heavy atom. The minimum atomic E-state index is 0.590. The summed E-state index contributed by atoms with van der Waals surface area (Å²) >= 11 is 3.64. The van der Waals surface area contributed by atoms with E-state index in [1.165, 1.54) is 22.9 Å². The van der Waals surface area contributed by atoms with Gasteiger partial charge in [-0.25, -0.2) is 0 Å². The van der Waals surface area contributed by atoms with Crippen LogP contribution in [0.15, 0.2) is 28.7 Å². The lowest BCUT2D eigenvalue weighted by Gasteiger charge is -2.32. The Morgan fingerprint density at radius 1 is 1.32 bits per heavy atom. The zero-order valence-corrected chi connectivity index (χ0v) is 13.8. The van der Waals surface area contributed by atoms with Crippen molar-refractivity contribution in [1.82, 2.24) is 10.2 Å². The van der Waals surface area contributed by atoms with Crippen molar-refractivity contribution in [2.75, 3.05) is 13.6 Å². The van der Waals surface area contributed by atoms with Crippen LogP contribution in [0.4, 0.5) is 0 Å². The molecule has 2 nitrogen and oxygen atoms in total. The average molecular weight is 325 g/mol. The molecule has 0 aliphatic heterocycles. The fraction of sp³-hybridized carbons (Fsp3) is 0.625. The van der Waals surface area contributed by atoms with Gasteiger partial charge in [0, 0.05) is 29.6 Å². The molecule has 1 aromatic rings.